The van der Waals surface area contributed by atoms with Crippen LogP contribution in [0.4, 0.5) is 10.2 Å². The minimum atomic E-state index is -0.431. The van der Waals surface area contributed by atoms with Crippen LogP contribution in [0, 0.1) is 6.92 Å². The molecule has 204 valence electrons. The molecule has 0 aliphatic carbocycles. The third kappa shape index (κ3) is 9.97. The number of allylic oxidation sites excluding steroid dienone is 1. The number of hydrogen-bond acceptors (Lipinski definition) is 6. The van der Waals surface area contributed by atoms with Gasteiger partial charge in [-0.1, -0.05) is 19.9 Å². The Morgan fingerprint density at radius 1 is 1.27 bits per heavy atom. The van der Waals surface area contributed by atoms with Crippen LogP contribution in [0.2, 0.25) is 0 Å². The summed E-state index contributed by atoms with van der Waals surface area (Å²) in [4.78, 5) is 27.3. The van der Waals surface area contributed by atoms with Gasteiger partial charge >= 0.3 is 0 Å². The summed E-state index contributed by atoms with van der Waals surface area (Å²) in [6.07, 6.45) is 7.78. The summed E-state index contributed by atoms with van der Waals surface area (Å²) in [5, 5.41) is 19.7. The number of nitrogens with zero attached hydrogens (tertiary/aromatic N) is 3. The highest BCUT2D eigenvalue weighted by Crippen LogP contribution is 2.23. The molecule has 1 aromatic heterocycles. The molecule has 0 unspecified atom stereocenters. The molecule has 1 aliphatic rings. The Labute approximate surface area is 218 Å². The number of aromatic nitrogens is 2. The zero-order valence-corrected chi connectivity index (χ0v) is 22.3. The maximum atomic E-state index is 12.5. The summed E-state index contributed by atoms with van der Waals surface area (Å²) >= 11 is 0. The molecule has 1 saturated heterocycles. The van der Waals surface area contributed by atoms with Gasteiger partial charge in [0.2, 0.25) is 0 Å². The third-order valence-corrected chi connectivity index (χ3v) is 5.97. The van der Waals surface area contributed by atoms with Crippen molar-refractivity contribution in [2.45, 2.75) is 52.5 Å². The van der Waals surface area contributed by atoms with Gasteiger partial charge in [-0.15, -0.1) is 0 Å². The smallest absolute Gasteiger partial charge is 0.257 e. The second-order valence-corrected chi connectivity index (χ2v) is 8.99. The van der Waals surface area contributed by atoms with Crippen molar-refractivity contribution in [1.82, 2.24) is 20.0 Å². The first kappa shape index (κ1) is 30.0. The average Bonchev–Trinajstić information content (AvgIpc) is 3.52. The van der Waals surface area contributed by atoms with Crippen LogP contribution in [0.1, 0.15) is 65.8 Å². The summed E-state index contributed by atoms with van der Waals surface area (Å²) in [7, 11) is 1.75. The number of phenolic OH excluding ortho intramolecular Hbond substituents is 1. The van der Waals surface area contributed by atoms with E-state index in [1.165, 1.54) is 18.6 Å². The van der Waals surface area contributed by atoms with Gasteiger partial charge in [-0.25, -0.2) is 4.39 Å². The van der Waals surface area contributed by atoms with Gasteiger partial charge in [0.25, 0.3) is 11.8 Å². The normalized spacial score (nSPS) is 15.0. The highest BCUT2D eigenvalue weighted by atomic mass is 19.1. The van der Waals surface area contributed by atoms with E-state index in [0.717, 1.165) is 38.9 Å². The lowest BCUT2D eigenvalue weighted by Crippen LogP contribution is -2.35. The fourth-order valence-electron chi connectivity index (χ4n) is 3.94. The number of nitrogens with one attached hydrogen (secondary N) is 2. The van der Waals surface area contributed by atoms with Crippen LogP contribution in [0.25, 0.3) is 0 Å². The minimum absolute atomic E-state index is 0.0590. The van der Waals surface area contributed by atoms with Crippen LogP contribution < -0.4 is 10.6 Å². The van der Waals surface area contributed by atoms with E-state index in [2.05, 4.69) is 34.5 Å². The van der Waals surface area contributed by atoms with Gasteiger partial charge in [-0.3, -0.25) is 14.3 Å². The van der Waals surface area contributed by atoms with Crippen molar-refractivity contribution in [2.24, 2.45) is 7.05 Å². The van der Waals surface area contributed by atoms with Crippen LogP contribution in [-0.4, -0.2) is 70.5 Å². The lowest BCUT2D eigenvalue weighted by molar-refractivity contribution is 0.0927. The van der Waals surface area contributed by atoms with E-state index in [0.29, 0.717) is 36.5 Å². The number of unbranched alkanes of at least 4 members (excludes halogenated alkanes) is 1. The van der Waals surface area contributed by atoms with Gasteiger partial charge in [0.15, 0.2) is 5.82 Å². The number of phenols is 1. The Balaban J connectivity index is 0.000000341. The predicted octanol–water partition coefficient (Wildman–Crippen LogP) is 4.19. The molecule has 0 spiro atoms. The summed E-state index contributed by atoms with van der Waals surface area (Å²) < 4.78 is 18.3. The van der Waals surface area contributed by atoms with E-state index in [-0.39, 0.29) is 17.4 Å². The maximum Gasteiger partial charge on any atom is 0.257 e. The van der Waals surface area contributed by atoms with Crippen molar-refractivity contribution < 1.29 is 23.8 Å². The quantitative estimate of drug-likeness (QED) is 0.386. The molecule has 3 N–H and O–H groups in total. The fraction of sp³-hybridized carbons (Fsp3) is 0.519. The molecule has 2 aromatic rings. The molecule has 0 bridgehead atoms. The molecule has 1 atom stereocenters. The zero-order valence-electron chi connectivity index (χ0n) is 22.3. The molecule has 1 aromatic carbocycles. The molecule has 0 saturated carbocycles. The Morgan fingerprint density at radius 2 is 2.05 bits per heavy atom. The maximum absolute atomic E-state index is 12.5. The number of carbonyl (C=O) groups excluding carboxylic acids is 2. The SMILES string of the molecule is CCCN(CC)CCC/C=C/F.Cc1cc(O)c(C(=O)N[C@@H]2CCOC2)cc1C(=O)Nc1ccn(C)n1. The number of anilines is 1. The molecule has 1 fully saturated rings. The second-order valence-electron chi connectivity index (χ2n) is 8.99. The van der Waals surface area contributed by atoms with Gasteiger partial charge in [-0.2, -0.15) is 5.10 Å². The summed E-state index contributed by atoms with van der Waals surface area (Å²) in [5.41, 5.74) is 0.923. The van der Waals surface area contributed by atoms with Gasteiger partial charge in [0, 0.05) is 31.5 Å². The van der Waals surface area contributed by atoms with Crippen LogP contribution in [0.15, 0.2) is 36.8 Å². The Morgan fingerprint density at radius 3 is 2.65 bits per heavy atom. The molecule has 3 rings (SSSR count). The number of amides is 2. The molecule has 1 aliphatic heterocycles. The van der Waals surface area contributed by atoms with E-state index in [1.807, 2.05) is 0 Å². The van der Waals surface area contributed by atoms with Crippen LogP contribution in [0.3, 0.4) is 0 Å². The van der Waals surface area contributed by atoms with Gasteiger partial charge in [0.05, 0.1) is 24.5 Å². The molecule has 37 heavy (non-hydrogen) atoms. The summed E-state index contributed by atoms with van der Waals surface area (Å²) in [6.45, 7) is 10.5. The molecule has 0 radical (unpaired) electrons. The molecule has 10 heteroatoms. The predicted molar refractivity (Wildman–Crippen MR) is 143 cm³/mol. The first-order valence-corrected chi connectivity index (χ1v) is 12.8. The van der Waals surface area contributed by atoms with E-state index in [9.17, 15) is 19.1 Å². The van der Waals surface area contributed by atoms with Crippen molar-refractivity contribution in [3.05, 3.63) is 53.5 Å². The number of rotatable bonds is 11. The van der Waals surface area contributed by atoms with Crippen molar-refractivity contribution >= 4 is 17.6 Å². The second kappa shape index (κ2) is 15.8. The molecule has 2 heterocycles. The van der Waals surface area contributed by atoms with Gasteiger partial charge < -0.3 is 25.4 Å². The van der Waals surface area contributed by atoms with Crippen molar-refractivity contribution in [3.63, 3.8) is 0 Å². The lowest BCUT2D eigenvalue weighted by Gasteiger charge is -2.18. The fourth-order valence-corrected chi connectivity index (χ4v) is 3.94. The Kier molecular flexibility index (Phi) is 12.8. The summed E-state index contributed by atoms with van der Waals surface area (Å²) in [5.74, 6) is -0.577. The number of aromatic hydroxyl groups is 1. The molecular formula is C27H40FN5O4. The molecular weight excluding hydrogens is 477 g/mol. The van der Waals surface area contributed by atoms with E-state index in [1.54, 1.807) is 37.0 Å². The number of carbonyl (C=O) groups is 2. The molecule has 9 nitrogen and oxygen atoms in total. The van der Waals surface area contributed by atoms with E-state index in [4.69, 9.17) is 4.74 Å². The van der Waals surface area contributed by atoms with E-state index >= 15 is 0 Å². The number of ether oxygens (including phenoxy) is 1. The standard InChI is InChI=1S/C17H20N4O4.C10H20FN/c1-10-7-14(22)13(17(24)18-11-4-6-25-9-11)8-12(10)16(23)19-15-3-5-21(2)20-15;1-3-9-12(4-2)10-7-5-6-8-11/h3,5,7-8,11,22H,4,6,9H2,1-2H3,(H,18,24)(H,19,20,23);6,8H,3-5,7,9-10H2,1-2H3/b;8-6+/t11-;/m1./s1. The van der Waals surface area contributed by atoms with Crippen LogP contribution in [-0.2, 0) is 11.8 Å². The van der Waals surface area contributed by atoms with E-state index < -0.39 is 11.8 Å². The number of aryl methyl sites for hydroxylation is 2. The Bertz CT molecular complexity index is 1030. The molecule has 2 amide bonds. The first-order chi connectivity index (χ1) is 17.8. The van der Waals surface area contributed by atoms with Crippen molar-refractivity contribution in [3.8, 4) is 5.75 Å². The van der Waals surface area contributed by atoms with Crippen LogP contribution in [0.5, 0.6) is 5.75 Å². The topological polar surface area (TPSA) is 109 Å². The third-order valence-electron chi connectivity index (χ3n) is 5.97. The monoisotopic (exact) mass is 517 g/mol. The van der Waals surface area contributed by atoms with Gasteiger partial charge in [-0.05, 0) is 69.9 Å². The first-order valence-electron chi connectivity index (χ1n) is 12.8. The summed E-state index contributed by atoms with van der Waals surface area (Å²) in [6, 6.07) is 4.39. The highest BCUT2D eigenvalue weighted by molar-refractivity contribution is 6.07. The Hall–Kier alpha value is -3.24. The zero-order chi connectivity index (χ0) is 27.2. The van der Waals surface area contributed by atoms with Crippen LogP contribution >= 0.6 is 0 Å². The number of hydrogen-bond donors (Lipinski definition) is 3. The minimum Gasteiger partial charge on any atom is -0.507 e. The van der Waals surface area contributed by atoms with Crippen molar-refractivity contribution in [1.29, 1.82) is 0 Å². The lowest BCUT2D eigenvalue weighted by atomic mass is 10.0. The highest BCUT2D eigenvalue weighted by Gasteiger charge is 2.22. The largest absolute Gasteiger partial charge is 0.507 e. The number of halogens is 1. The number of benzene rings is 1. The van der Waals surface area contributed by atoms with Crippen molar-refractivity contribution in [2.75, 3.05) is 38.2 Å². The van der Waals surface area contributed by atoms with Gasteiger partial charge in [0.1, 0.15) is 5.75 Å². The average molecular weight is 518 g/mol.